The van der Waals surface area contributed by atoms with Crippen molar-refractivity contribution in [1.29, 1.82) is 0 Å². The third-order valence-electron chi connectivity index (χ3n) is 5.05. The zero-order chi connectivity index (χ0) is 19.5. The van der Waals surface area contributed by atoms with Crippen molar-refractivity contribution >= 4 is 34.7 Å². The summed E-state index contributed by atoms with van der Waals surface area (Å²) in [6.45, 7) is 7.98. The summed E-state index contributed by atoms with van der Waals surface area (Å²) >= 11 is 6.04. The number of hydrogen-bond donors (Lipinski definition) is 1. The van der Waals surface area contributed by atoms with E-state index in [1.807, 2.05) is 37.4 Å². The SMILES string of the molecule is Cc1cccc(N2CCN(c3ccnc(Nc4ccc(Cl)cc4C)n3)CC2)c1. The Labute approximate surface area is 171 Å². The normalized spacial score (nSPS) is 14.2. The van der Waals surface area contributed by atoms with Gasteiger partial charge in [0.25, 0.3) is 0 Å². The van der Waals surface area contributed by atoms with Gasteiger partial charge in [-0.2, -0.15) is 4.98 Å². The van der Waals surface area contributed by atoms with Gasteiger partial charge in [0.05, 0.1) is 0 Å². The summed E-state index contributed by atoms with van der Waals surface area (Å²) in [6.07, 6.45) is 1.81. The fraction of sp³-hybridized carbons (Fsp3) is 0.273. The number of halogens is 1. The Balaban J connectivity index is 1.44. The molecule has 28 heavy (non-hydrogen) atoms. The Hall–Kier alpha value is -2.79. The number of piperazine rings is 1. The summed E-state index contributed by atoms with van der Waals surface area (Å²) in [7, 11) is 0. The molecule has 0 saturated carbocycles. The summed E-state index contributed by atoms with van der Waals surface area (Å²) in [4.78, 5) is 13.8. The van der Waals surface area contributed by atoms with Crippen LogP contribution in [0.15, 0.2) is 54.7 Å². The summed E-state index contributed by atoms with van der Waals surface area (Å²) < 4.78 is 0. The molecule has 3 aromatic rings. The van der Waals surface area contributed by atoms with Crippen LogP contribution in [-0.2, 0) is 0 Å². The maximum absolute atomic E-state index is 6.04. The van der Waals surface area contributed by atoms with E-state index in [1.165, 1.54) is 11.3 Å². The lowest BCUT2D eigenvalue weighted by molar-refractivity contribution is 0.647. The zero-order valence-corrected chi connectivity index (χ0v) is 16.9. The molecule has 1 aliphatic rings. The minimum Gasteiger partial charge on any atom is -0.368 e. The van der Waals surface area contributed by atoms with Gasteiger partial charge in [0, 0.05) is 48.8 Å². The van der Waals surface area contributed by atoms with Crippen LogP contribution in [0.2, 0.25) is 5.02 Å². The third kappa shape index (κ3) is 4.20. The van der Waals surface area contributed by atoms with E-state index in [4.69, 9.17) is 16.6 Å². The molecule has 0 radical (unpaired) electrons. The molecule has 2 aromatic carbocycles. The molecule has 6 heteroatoms. The van der Waals surface area contributed by atoms with Crippen molar-refractivity contribution < 1.29 is 0 Å². The third-order valence-corrected chi connectivity index (χ3v) is 5.28. The van der Waals surface area contributed by atoms with Gasteiger partial charge >= 0.3 is 0 Å². The molecule has 144 valence electrons. The number of anilines is 4. The average molecular weight is 394 g/mol. The highest BCUT2D eigenvalue weighted by Gasteiger charge is 2.19. The van der Waals surface area contributed by atoms with Gasteiger partial charge in [-0.25, -0.2) is 4.98 Å². The van der Waals surface area contributed by atoms with E-state index in [-0.39, 0.29) is 0 Å². The first-order chi connectivity index (χ1) is 13.6. The first kappa shape index (κ1) is 18.6. The zero-order valence-electron chi connectivity index (χ0n) is 16.2. The number of rotatable bonds is 4. The fourth-order valence-electron chi connectivity index (χ4n) is 3.49. The summed E-state index contributed by atoms with van der Waals surface area (Å²) in [5.74, 6) is 1.55. The molecular weight excluding hydrogens is 370 g/mol. The van der Waals surface area contributed by atoms with Gasteiger partial charge in [0.15, 0.2) is 0 Å². The van der Waals surface area contributed by atoms with Crippen molar-refractivity contribution in [2.75, 3.05) is 41.3 Å². The number of benzene rings is 2. The molecule has 0 spiro atoms. The molecule has 0 bridgehead atoms. The summed E-state index contributed by atoms with van der Waals surface area (Å²) in [6, 6.07) is 16.4. The highest BCUT2D eigenvalue weighted by Crippen LogP contribution is 2.24. The summed E-state index contributed by atoms with van der Waals surface area (Å²) in [5.41, 5.74) is 4.62. The van der Waals surface area contributed by atoms with Crippen molar-refractivity contribution in [2.45, 2.75) is 13.8 Å². The van der Waals surface area contributed by atoms with Crippen LogP contribution in [-0.4, -0.2) is 36.1 Å². The lowest BCUT2D eigenvalue weighted by atomic mass is 10.2. The molecule has 1 aliphatic heterocycles. The second kappa shape index (κ2) is 8.07. The molecule has 0 amide bonds. The summed E-state index contributed by atoms with van der Waals surface area (Å²) in [5, 5.41) is 4.03. The lowest BCUT2D eigenvalue weighted by Gasteiger charge is -2.36. The van der Waals surface area contributed by atoms with Gasteiger partial charge in [-0.05, 0) is 61.4 Å². The molecule has 0 unspecified atom stereocenters. The number of nitrogens with zero attached hydrogens (tertiary/aromatic N) is 4. The minimum atomic E-state index is 0.601. The van der Waals surface area contributed by atoms with Crippen molar-refractivity contribution in [3.8, 4) is 0 Å². The van der Waals surface area contributed by atoms with Crippen molar-refractivity contribution in [3.05, 3.63) is 70.9 Å². The van der Waals surface area contributed by atoms with E-state index in [9.17, 15) is 0 Å². The monoisotopic (exact) mass is 393 g/mol. The first-order valence-electron chi connectivity index (χ1n) is 9.51. The Bertz CT molecular complexity index is 967. The molecule has 0 atom stereocenters. The average Bonchev–Trinajstić information content (AvgIpc) is 2.71. The molecule has 5 nitrogen and oxygen atoms in total. The highest BCUT2D eigenvalue weighted by molar-refractivity contribution is 6.30. The molecule has 1 N–H and O–H groups in total. The van der Waals surface area contributed by atoms with Crippen LogP contribution in [0, 0.1) is 13.8 Å². The predicted octanol–water partition coefficient (Wildman–Crippen LogP) is 4.82. The lowest BCUT2D eigenvalue weighted by Crippen LogP contribution is -2.46. The van der Waals surface area contributed by atoms with E-state index in [0.717, 1.165) is 48.3 Å². The van der Waals surface area contributed by atoms with Crippen molar-refractivity contribution in [1.82, 2.24) is 9.97 Å². The van der Waals surface area contributed by atoms with E-state index < -0.39 is 0 Å². The van der Waals surface area contributed by atoms with E-state index in [1.54, 1.807) is 0 Å². The number of nitrogens with one attached hydrogen (secondary N) is 1. The molecule has 1 saturated heterocycles. The van der Waals surface area contributed by atoms with Gasteiger partial charge in [-0.1, -0.05) is 23.7 Å². The Morgan fingerprint density at radius 2 is 1.71 bits per heavy atom. The maximum atomic E-state index is 6.04. The second-order valence-electron chi connectivity index (χ2n) is 7.14. The van der Waals surface area contributed by atoms with Crippen molar-refractivity contribution in [2.24, 2.45) is 0 Å². The molecular formula is C22H24ClN5. The molecule has 2 heterocycles. The smallest absolute Gasteiger partial charge is 0.229 e. The number of hydrogen-bond acceptors (Lipinski definition) is 5. The Kier molecular flexibility index (Phi) is 5.35. The largest absolute Gasteiger partial charge is 0.368 e. The molecule has 4 rings (SSSR count). The van der Waals surface area contributed by atoms with E-state index >= 15 is 0 Å². The van der Waals surface area contributed by atoms with Crippen LogP contribution < -0.4 is 15.1 Å². The Morgan fingerprint density at radius 3 is 2.46 bits per heavy atom. The number of aromatic nitrogens is 2. The van der Waals surface area contributed by atoms with Gasteiger partial charge in [0.2, 0.25) is 5.95 Å². The topological polar surface area (TPSA) is 44.3 Å². The van der Waals surface area contributed by atoms with Crippen LogP contribution in [0.1, 0.15) is 11.1 Å². The fourth-order valence-corrected chi connectivity index (χ4v) is 3.72. The van der Waals surface area contributed by atoms with Crippen LogP contribution in [0.3, 0.4) is 0 Å². The van der Waals surface area contributed by atoms with Gasteiger partial charge in [0.1, 0.15) is 5.82 Å². The first-order valence-corrected chi connectivity index (χ1v) is 9.89. The molecule has 1 aromatic heterocycles. The van der Waals surface area contributed by atoms with Crippen LogP contribution >= 0.6 is 11.6 Å². The van der Waals surface area contributed by atoms with Crippen molar-refractivity contribution in [3.63, 3.8) is 0 Å². The van der Waals surface area contributed by atoms with Gasteiger partial charge < -0.3 is 15.1 Å². The van der Waals surface area contributed by atoms with E-state index in [0.29, 0.717) is 5.95 Å². The minimum absolute atomic E-state index is 0.601. The van der Waals surface area contributed by atoms with Gasteiger partial charge in [-0.15, -0.1) is 0 Å². The molecule has 1 fully saturated rings. The van der Waals surface area contributed by atoms with E-state index in [2.05, 4.69) is 51.3 Å². The van der Waals surface area contributed by atoms with Crippen LogP contribution in [0.5, 0.6) is 0 Å². The maximum Gasteiger partial charge on any atom is 0.229 e. The van der Waals surface area contributed by atoms with Crippen LogP contribution in [0.4, 0.5) is 23.1 Å². The van der Waals surface area contributed by atoms with Crippen LogP contribution in [0.25, 0.3) is 0 Å². The van der Waals surface area contributed by atoms with Gasteiger partial charge in [-0.3, -0.25) is 0 Å². The number of aryl methyl sites for hydroxylation is 2. The predicted molar refractivity (Wildman–Crippen MR) is 117 cm³/mol. The second-order valence-corrected chi connectivity index (χ2v) is 7.57. The molecule has 0 aliphatic carbocycles. The standard InChI is InChI=1S/C22H24ClN5/c1-16-4-3-5-19(14-16)27-10-12-28(13-11-27)21-8-9-24-22(26-21)25-20-7-6-18(23)15-17(20)2/h3-9,14-15H,10-13H2,1-2H3,(H,24,25,26). The Morgan fingerprint density at radius 1 is 0.929 bits per heavy atom. The quantitative estimate of drug-likeness (QED) is 0.688. The highest BCUT2D eigenvalue weighted by atomic mass is 35.5.